The van der Waals surface area contributed by atoms with E-state index in [2.05, 4.69) is 17.0 Å². The fraction of sp³-hybridized carbons (Fsp3) is 0.458. The van der Waals surface area contributed by atoms with Gasteiger partial charge in [-0.3, -0.25) is 9.52 Å². The van der Waals surface area contributed by atoms with E-state index in [4.69, 9.17) is 14.2 Å². The molecule has 0 saturated carbocycles. The van der Waals surface area contributed by atoms with Gasteiger partial charge in [0.15, 0.2) is 0 Å². The van der Waals surface area contributed by atoms with Gasteiger partial charge in [-0.05, 0) is 49.2 Å². The van der Waals surface area contributed by atoms with Crippen LogP contribution in [0, 0.1) is 5.92 Å². The van der Waals surface area contributed by atoms with E-state index in [1.165, 1.54) is 25.3 Å². The van der Waals surface area contributed by atoms with Gasteiger partial charge < -0.3 is 24.4 Å². The van der Waals surface area contributed by atoms with Gasteiger partial charge in [-0.1, -0.05) is 6.92 Å². The summed E-state index contributed by atoms with van der Waals surface area (Å²) in [5, 5.41) is 3.42. The van der Waals surface area contributed by atoms with E-state index in [-0.39, 0.29) is 28.9 Å². The highest BCUT2D eigenvalue weighted by atomic mass is 32.2. The average molecular weight is 492 g/mol. The lowest BCUT2D eigenvalue weighted by Crippen LogP contribution is -2.44. The standard InChI is InChI=1S/C24H33N3O6S/c1-16-13-25-17(2)15-33-22-12-18(6-11-21(22)24(28)27(3)14-23(16)32-5)26-34(29,30)20-9-7-19(31-4)8-10-20/h6-12,16-17,23,25-26H,13-15H2,1-5H3/t16-,17-,23+/m0/s1. The fourth-order valence-corrected chi connectivity index (χ4v) is 4.74. The largest absolute Gasteiger partial charge is 0.497 e. The molecule has 1 aliphatic heterocycles. The Morgan fingerprint density at radius 1 is 1.12 bits per heavy atom. The second-order valence-electron chi connectivity index (χ2n) is 8.55. The zero-order chi connectivity index (χ0) is 24.9. The number of anilines is 1. The quantitative estimate of drug-likeness (QED) is 0.662. The minimum Gasteiger partial charge on any atom is -0.497 e. The van der Waals surface area contributed by atoms with Crippen LogP contribution in [-0.2, 0) is 14.8 Å². The maximum Gasteiger partial charge on any atom is 0.261 e. The SMILES string of the molecule is COc1ccc(S(=O)(=O)Nc2ccc3c(c2)OC[C@H](C)NC[C@H](C)[C@H](OC)CN(C)C3=O)cc1. The van der Waals surface area contributed by atoms with Crippen LogP contribution in [0.25, 0.3) is 0 Å². The summed E-state index contributed by atoms with van der Waals surface area (Å²) < 4.78 is 45.0. The molecular formula is C24H33N3O6S. The Hall–Kier alpha value is -2.82. The number of carbonyl (C=O) groups is 1. The number of nitrogens with one attached hydrogen (secondary N) is 2. The van der Waals surface area contributed by atoms with E-state index >= 15 is 0 Å². The number of benzene rings is 2. The van der Waals surface area contributed by atoms with Crippen molar-refractivity contribution in [1.29, 1.82) is 0 Å². The molecule has 2 aromatic rings. The molecule has 10 heteroatoms. The highest BCUT2D eigenvalue weighted by Gasteiger charge is 2.26. The molecule has 0 fully saturated rings. The zero-order valence-corrected chi connectivity index (χ0v) is 21.0. The highest BCUT2D eigenvalue weighted by Crippen LogP contribution is 2.28. The summed E-state index contributed by atoms with van der Waals surface area (Å²) in [7, 11) is 1.03. The van der Waals surface area contributed by atoms with Gasteiger partial charge in [0.05, 0.1) is 29.4 Å². The summed E-state index contributed by atoms with van der Waals surface area (Å²) in [6.07, 6.45) is -0.131. The van der Waals surface area contributed by atoms with Gasteiger partial charge in [0.2, 0.25) is 0 Å². The van der Waals surface area contributed by atoms with E-state index in [0.29, 0.717) is 42.4 Å². The van der Waals surface area contributed by atoms with Crippen molar-refractivity contribution in [3.8, 4) is 11.5 Å². The molecule has 3 atom stereocenters. The second kappa shape index (κ2) is 11.1. The highest BCUT2D eigenvalue weighted by molar-refractivity contribution is 7.92. The lowest BCUT2D eigenvalue weighted by atomic mass is 10.0. The molecule has 0 bridgehead atoms. The second-order valence-corrected chi connectivity index (χ2v) is 10.2. The first-order chi connectivity index (χ1) is 16.1. The minimum atomic E-state index is -3.84. The van der Waals surface area contributed by atoms with Gasteiger partial charge in [0.25, 0.3) is 15.9 Å². The molecule has 0 saturated heterocycles. The van der Waals surface area contributed by atoms with Crippen LogP contribution in [0.1, 0.15) is 24.2 Å². The number of ether oxygens (including phenoxy) is 3. The third-order valence-electron chi connectivity index (χ3n) is 5.85. The van der Waals surface area contributed by atoms with E-state index in [1.807, 2.05) is 6.92 Å². The average Bonchev–Trinajstić information content (AvgIpc) is 2.83. The molecule has 0 radical (unpaired) electrons. The van der Waals surface area contributed by atoms with Crippen molar-refractivity contribution in [3.05, 3.63) is 48.0 Å². The Morgan fingerprint density at radius 2 is 1.82 bits per heavy atom. The number of amides is 1. The predicted octanol–water partition coefficient (Wildman–Crippen LogP) is 2.59. The molecule has 186 valence electrons. The summed E-state index contributed by atoms with van der Waals surface area (Å²) in [6.45, 7) is 5.50. The number of nitrogens with zero attached hydrogens (tertiary/aromatic N) is 1. The summed E-state index contributed by atoms with van der Waals surface area (Å²) >= 11 is 0. The van der Waals surface area contributed by atoms with Crippen molar-refractivity contribution < 1.29 is 27.4 Å². The molecule has 0 unspecified atom stereocenters. The number of methoxy groups -OCH3 is 2. The van der Waals surface area contributed by atoms with E-state index < -0.39 is 10.0 Å². The molecule has 9 nitrogen and oxygen atoms in total. The van der Waals surface area contributed by atoms with Crippen LogP contribution in [-0.4, -0.2) is 72.3 Å². The molecule has 0 spiro atoms. The number of likely N-dealkylation sites (N-methyl/N-ethyl adjacent to an activating group) is 1. The van der Waals surface area contributed by atoms with Crippen LogP contribution in [0.3, 0.4) is 0 Å². The first-order valence-corrected chi connectivity index (χ1v) is 12.6. The number of hydrogen-bond donors (Lipinski definition) is 2. The molecule has 0 aliphatic carbocycles. The number of rotatable bonds is 5. The predicted molar refractivity (Wildman–Crippen MR) is 130 cm³/mol. The lowest BCUT2D eigenvalue weighted by molar-refractivity contribution is 0.0281. The zero-order valence-electron chi connectivity index (χ0n) is 20.2. The number of carbonyl (C=O) groups excluding carboxylic acids is 1. The monoisotopic (exact) mass is 491 g/mol. The molecule has 34 heavy (non-hydrogen) atoms. The van der Waals surface area contributed by atoms with Crippen LogP contribution in [0.2, 0.25) is 0 Å². The van der Waals surface area contributed by atoms with Crippen molar-refractivity contribution in [2.45, 2.75) is 30.9 Å². The van der Waals surface area contributed by atoms with E-state index in [9.17, 15) is 13.2 Å². The number of fused-ring (bicyclic) bond motifs is 1. The van der Waals surface area contributed by atoms with Crippen LogP contribution in [0.4, 0.5) is 5.69 Å². The summed E-state index contributed by atoms with van der Waals surface area (Å²) in [4.78, 5) is 14.9. The van der Waals surface area contributed by atoms with Gasteiger partial charge in [0.1, 0.15) is 18.1 Å². The Kier molecular flexibility index (Phi) is 8.40. The molecule has 2 aromatic carbocycles. The Bertz CT molecular complexity index is 1090. The summed E-state index contributed by atoms with van der Waals surface area (Å²) in [6, 6.07) is 10.8. The lowest BCUT2D eigenvalue weighted by Gasteiger charge is -2.30. The van der Waals surface area contributed by atoms with E-state index in [1.54, 1.807) is 43.3 Å². The molecule has 1 aliphatic rings. The van der Waals surface area contributed by atoms with Crippen molar-refractivity contribution in [3.63, 3.8) is 0 Å². The van der Waals surface area contributed by atoms with Gasteiger partial charge in [0, 0.05) is 39.4 Å². The minimum absolute atomic E-state index is 0.0136. The van der Waals surface area contributed by atoms with E-state index in [0.717, 1.165) is 0 Å². The van der Waals surface area contributed by atoms with Crippen LogP contribution < -0.4 is 19.5 Å². The van der Waals surface area contributed by atoms with Crippen LogP contribution in [0.15, 0.2) is 47.4 Å². The van der Waals surface area contributed by atoms with Crippen molar-refractivity contribution >= 4 is 21.6 Å². The van der Waals surface area contributed by atoms with Crippen molar-refractivity contribution in [2.24, 2.45) is 5.92 Å². The van der Waals surface area contributed by atoms with Crippen molar-refractivity contribution in [2.75, 3.05) is 45.7 Å². The fourth-order valence-electron chi connectivity index (χ4n) is 3.69. The molecule has 1 heterocycles. The molecular weight excluding hydrogens is 458 g/mol. The smallest absolute Gasteiger partial charge is 0.261 e. The van der Waals surface area contributed by atoms with Crippen LogP contribution >= 0.6 is 0 Å². The third-order valence-corrected chi connectivity index (χ3v) is 7.25. The summed E-state index contributed by atoms with van der Waals surface area (Å²) in [5.41, 5.74) is 0.645. The van der Waals surface area contributed by atoms with Gasteiger partial charge in [-0.25, -0.2) is 8.42 Å². The number of hydrogen-bond acceptors (Lipinski definition) is 7. The molecule has 3 rings (SSSR count). The molecule has 0 aromatic heterocycles. The Morgan fingerprint density at radius 3 is 2.47 bits per heavy atom. The Labute approximate surface area is 201 Å². The van der Waals surface area contributed by atoms with Gasteiger partial charge >= 0.3 is 0 Å². The van der Waals surface area contributed by atoms with Crippen molar-refractivity contribution in [1.82, 2.24) is 10.2 Å². The maximum absolute atomic E-state index is 13.2. The van der Waals surface area contributed by atoms with Crippen LogP contribution in [0.5, 0.6) is 11.5 Å². The van der Waals surface area contributed by atoms with Gasteiger partial charge in [-0.15, -0.1) is 0 Å². The summed E-state index contributed by atoms with van der Waals surface area (Å²) in [5.74, 6) is 0.831. The Balaban J connectivity index is 1.90. The normalized spacial score (nSPS) is 22.1. The number of sulfonamides is 1. The molecule has 1 amide bonds. The maximum atomic E-state index is 13.2. The topological polar surface area (TPSA) is 106 Å². The third kappa shape index (κ3) is 6.19. The first kappa shape index (κ1) is 25.8. The van der Waals surface area contributed by atoms with Gasteiger partial charge in [-0.2, -0.15) is 0 Å². The molecule has 2 N–H and O–H groups in total. The first-order valence-electron chi connectivity index (χ1n) is 11.1.